The Morgan fingerprint density at radius 2 is 1.22 bits per heavy atom. The summed E-state index contributed by atoms with van der Waals surface area (Å²) in [5.74, 6) is 0. The molecule has 0 aromatic heterocycles. The van der Waals surface area contributed by atoms with Gasteiger partial charge in [0.1, 0.15) is 0 Å². The van der Waals surface area contributed by atoms with Crippen LogP contribution in [0.15, 0.2) is 108 Å². The highest BCUT2D eigenvalue weighted by Gasteiger charge is 2.78. The van der Waals surface area contributed by atoms with Gasteiger partial charge in [-0.1, -0.05) is 143 Å². The van der Waals surface area contributed by atoms with Gasteiger partial charge in [0.2, 0.25) is 6.71 Å². The van der Waals surface area contributed by atoms with Crippen molar-refractivity contribution in [3.63, 3.8) is 0 Å². The van der Waals surface area contributed by atoms with E-state index in [2.05, 4.69) is 191 Å². The Kier molecular flexibility index (Phi) is 7.20. The van der Waals surface area contributed by atoms with Crippen LogP contribution in [-0.2, 0) is 10.8 Å². The number of allylic oxidation sites excluding steroid dienone is 4. The third kappa shape index (κ3) is 5.11. The van der Waals surface area contributed by atoms with E-state index >= 15 is 0 Å². The second-order valence-electron chi connectivity index (χ2n) is 20.6. The van der Waals surface area contributed by atoms with E-state index in [9.17, 15) is 0 Å². The molecule has 5 aliphatic rings. The standard InChI is InChI=1S/C48H59BN2/c1-31-26-40-42-41(27-31)51(37-21-16-33(17-22-37)44(5,6)7)48-25-24-35(46(11,12)13)29-47(48,30-48)49(42)38-28-34(45(8,9)10)18-23-39(38)50(40)36-19-14-32(15-20-36)43(2,3)4/h14-22,24-29,39H,23,30H2,1-13H3. The van der Waals surface area contributed by atoms with Gasteiger partial charge in [0.25, 0.3) is 0 Å². The van der Waals surface area contributed by atoms with Gasteiger partial charge >= 0.3 is 0 Å². The number of nitrogens with zero attached hydrogens (tertiary/aromatic N) is 2. The van der Waals surface area contributed by atoms with Crippen LogP contribution in [0, 0.1) is 17.8 Å². The van der Waals surface area contributed by atoms with Gasteiger partial charge in [-0.25, -0.2) is 0 Å². The molecule has 1 fully saturated rings. The minimum atomic E-state index is -0.112. The minimum absolute atomic E-state index is 0.0311. The summed E-state index contributed by atoms with van der Waals surface area (Å²) in [6.45, 7) is 30.8. The van der Waals surface area contributed by atoms with Gasteiger partial charge in [-0.15, -0.1) is 0 Å². The van der Waals surface area contributed by atoms with Crippen molar-refractivity contribution in [3.05, 3.63) is 124 Å². The SMILES string of the molecule is Cc1cc2c3c(c1)N(c1ccc(C(C)(C)C)cc1)C14C=CC(C(C)(C)C)=CC1(C4)B3C1=CC(C(C)(C)C)=CCC1N2c1ccc(C(C)(C)C)cc1. The molecule has 0 bridgehead atoms. The van der Waals surface area contributed by atoms with E-state index in [1.54, 1.807) is 5.47 Å². The maximum atomic E-state index is 2.76. The molecule has 2 aliphatic heterocycles. The molecular formula is C48H59BN2. The largest absolute Gasteiger partial charge is 0.335 e. The van der Waals surface area contributed by atoms with Crippen LogP contribution in [0.4, 0.5) is 22.7 Å². The Morgan fingerprint density at radius 1 is 0.667 bits per heavy atom. The van der Waals surface area contributed by atoms with Crippen LogP contribution < -0.4 is 15.3 Å². The topological polar surface area (TPSA) is 6.48 Å². The summed E-state index contributed by atoms with van der Waals surface area (Å²) in [5, 5.41) is -0.0311. The molecule has 1 saturated carbocycles. The Hall–Kier alpha value is -3.72. The highest BCUT2D eigenvalue weighted by Crippen LogP contribution is 2.77. The van der Waals surface area contributed by atoms with Crippen molar-refractivity contribution in [1.82, 2.24) is 0 Å². The molecule has 2 heterocycles. The number of hydrogen-bond acceptors (Lipinski definition) is 2. The Labute approximate surface area is 309 Å². The van der Waals surface area contributed by atoms with Crippen molar-refractivity contribution in [1.29, 1.82) is 0 Å². The monoisotopic (exact) mass is 674 g/mol. The first-order valence-corrected chi connectivity index (χ1v) is 19.5. The lowest BCUT2D eigenvalue weighted by atomic mass is 9.25. The molecule has 0 N–H and O–H groups in total. The molecule has 0 amide bonds. The number of benzene rings is 3. The van der Waals surface area contributed by atoms with Crippen molar-refractivity contribution in [2.24, 2.45) is 10.8 Å². The zero-order valence-electron chi connectivity index (χ0n) is 33.6. The molecule has 51 heavy (non-hydrogen) atoms. The van der Waals surface area contributed by atoms with E-state index in [0.717, 1.165) is 12.8 Å². The molecule has 3 aromatic rings. The molecule has 3 aliphatic carbocycles. The molecule has 3 heteroatoms. The van der Waals surface area contributed by atoms with Crippen LogP contribution in [0.1, 0.15) is 113 Å². The zero-order chi connectivity index (χ0) is 36.7. The molecular weight excluding hydrogens is 615 g/mol. The van der Waals surface area contributed by atoms with E-state index in [-0.39, 0.29) is 38.6 Å². The first-order valence-electron chi connectivity index (χ1n) is 19.5. The van der Waals surface area contributed by atoms with Crippen LogP contribution in [-0.4, -0.2) is 18.3 Å². The van der Waals surface area contributed by atoms with Crippen molar-refractivity contribution in [2.75, 3.05) is 9.80 Å². The van der Waals surface area contributed by atoms with Crippen molar-refractivity contribution >= 4 is 34.9 Å². The molecule has 3 aromatic carbocycles. The highest BCUT2D eigenvalue weighted by molar-refractivity contribution is 6.88. The summed E-state index contributed by atoms with van der Waals surface area (Å²) in [6.07, 6.45) is 15.2. The van der Waals surface area contributed by atoms with Gasteiger partial charge < -0.3 is 9.80 Å². The summed E-state index contributed by atoms with van der Waals surface area (Å²) in [7, 11) is 0. The van der Waals surface area contributed by atoms with Crippen LogP contribution >= 0.6 is 0 Å². The van der Waals surface area contributed by atoms with E-state index in [1.807, 2.05) is 0 Å². The molecule has 8 rings (SSSR count). The van der Waals surface area contributed by atoms with Crippen LogP contribution in [0.5, 0.6) is 0 Å². The van der Waals surface area contributed by atoms with Gasteiger partial charge in [-0.05, 0) is 111 Å². The van der Waals surface area contributed by atoms with Gasteiger partial charge in [-0.2, -0.15) is 0 Å². The number of rotatable bonds is 2. The first kappa shape index (κ1) is 34.4. The lowest BCUT2D eigenvalue weighted by molar-refractivity contribution is 0.507. The molecule has 2 nitrogen and oxygen atoms in total. The minimum Gasteiger partial charge on any atom is -0.335 e. The first-order chi connectivity index (χ1) is 23.7. The van der Waals surface area contributed by atoms with Crippen LogP contribution in [0.3, 0.4) is 0 Å². The van der Waals surface area contributed by atoms with Crippen molar-refractivity contribution < 1.29 is 0 Å². The normalized spacial score (nSPS) is 25.3. The fourth-order valence-corrected chi connectivity index (χ4v) is 9.84. The Balaban J connectivity index is 1.43. The van der Waals surface area contributed by atoms with E-state index < -0.39 is 0 Å². The third-order valence-corrected chi connectivity index (χ3v) is 12.8. The second-order valence-corrected chi connectivity index (χ2v) is 20.6. The van der Waals surface area contributed by atoms with Crippen LogP contribution in [0.25, 0.3) is 0 Å². The van der Waals surface area contributed by atoms with Gasteiger partial charge in [0, 0.05) is 28.1 Å². The quantitative estimate of drug-likeness (QED) is 0.250. The lowest BCUT2D eigenvalue weighted by Gasteiger charge is -2.54. The van der Waals surface area contributed by atoms with E-state index in [1.165, 1.54) is 56.0 Å². The predicted octanol–water partition coefficient (Wildman–Crippen LogP) is 12.2. The summed E-state index contributed by atoms with van der Waals surface area (Å²) < 4.78 is 0. The fraction of sp³-hybridized carbons (Fsp3) is 0.458. The van der Waals surface area contributed by atoms with E-state index in [4.69, 9.17) is 0 Å². The molecule has 0 spiro atoms. The Bertz CT molecular complexity index is 2050. The maximum absolute atomic E-state index is 2.76. The summed E-state index contributed by atoms with van der Waals surface area (Å²) in [6, 6.07) is 24.3. The fourth-order valence-electron chi connectivity index (χ4n) is 9.84. The van der Waals surface area contributed by atoms with Crippen LogP contribution in [0.2, 0.25) is 5.31 Å². The number of fused-ring (bicyclic) bond motifs is 2. The number of anilines is 4. The van der Waals surface area contributed by atoms with Gasteiger partial charge in [0.05, 0.1) is 11.6 Å². The summed E-state index contributed by atoms with van der Waals surface area (Å²) in [5.41, 5.74) is 15.7. The summed E-state index contributed by atoms with van der Waals surface area (Å²) in [4.78, 5) is 5.48. The average Bonchev–Trinajstić information content (AvgIpc) is 3.73. The average molecular weight is 675 g/mol. The van der Waals surface area contributed by atoms with Gasteiger partial charge in [-0.3, -0.25) is 0 Å². The molecule has 3 atom stereocenters. The smallest absolute Gasteiger partial charge is 0.225 e. The predicted molar refractivity (Wildman–Crippen MR) is 222 cm³/mol. The number of hydrogen-bond donors (Lipinski definition) is 0. The third-order valence-electron chi connectivity index (χ3n) is 12.8. The van der Waals surface area contributed by atoms with E-state index in [0.29, 0.717) is 6.71 Å². The summed E-state index contributed by atoms with van der Waals surface area (Å²) >= 11 is 0. The number of aryl methyl sites for hydroxylation is 1. The van der Waals surface area contributed by atoms with Crippen molar-refractivity contribution in [2.45, 2.75) is 131 Å². The zero-order valence-corrected chi connectivity index (χ0v) is 33.6. The lowest BCUT2D eigenvalue weighted by Crippen LogP contribution is -2.61. The molecule has 3 unspecified atom stereocenters. The molecule has 0 saturated heterocycles. The molecule has 264 valence electrons. The molecule has 0 radical (unpaired) electrons. The second kappa shape index (κ2) is 10.7. The highest BCUT2D eigenvalue weighted by atomic mass is 15.3. The van der Waals surface area contributed by atoms with Crippen molar-refractivity contribution in [3.8, 4) is 0 Å². The van der Waals surface area contributed by atoms with Gasteiger partial charge in [0.15, 0.2) is 0 Å². The maximum Gasteiger partial charge on any atom is 0.225 e. The Morgan fingerprint density at radius 3 is 1.76 bits per heavy atom.